The molecule has 0 bridgehead atoms. The molecule has 1 aromatic rings. The number of alkyl halides is 1. The first-order valence-corrected chi connectivity index (χ1v) is 4.52. The lowest BCUT2D eigenvalue weighted by atomic mass is 10.0. The number of pyridine rings is 1. The molecule has 12 heavy (non-hydrogen) atoms. The molecule has 0 saturated heterocycles. The molecule has 64 valence electrons. The van der Waals surface area contributed by atoms with Crippen molar-refractivity contribution in [3.8, 4) is 0 Å². The maximum Gasteiger partial charge on any atom is 0.145 e. The molecule has 0 aliphatic heterocycles. The van der Waals surface area contributed by atoms with Crippen LogP contribution in [0.1, 0.15) is 11.5 Å². The molecule has 4 heteroatoms. The minimum absolute atomic E-state index is 0.386. The van der Waals surface area contributed by atoms with E-state index in [0.717, 1.165) is 6.20 Å². The van der Waals surface area contributed by atoms with Gasteiger partial charge in [0.15, 0.2) is 0 Å². The lowest BCUT2D eigenvalue weighted by Gasteiger charge is -2.06. The maximum atomic E-state index is 13.0. The Morgan fingerprint density at radius 3 is 3.00 bits per heavy atom. The summed E-state index contributed by atoms with van der Waals surface area (Å²) in [5.74, 6) is -0.859. The Bertz CT molecular complexity index is 280. The molecule has 0 aliphatic carbocycles. The van der Waals surface area contributed by atoms with Crippen LogP contribution in [-0.2, 0) is 4.79 Å². The largest absolute Gasteiger partial charge is 0.303 e. The predicted octanol–water partition coefficient (Wildman–Crippen LogP) is 1.90. The summed E-state index contributed by atoms with van der Waals surface area (Å²) < 4.78 is 13.0. The highest BCUT2D eigenvalue weighted by atomic mass is 79.9. The Kier molecular flexibility index (Phi) is 3.34. The summed E-state index contributed by atoms with van der Waals surface area (Å²) in [6, 6.07) is 1.51. The Balaban J connectivity index is 3.00. The number of hydrogen-bond donors (Lipinski definition) is 0. The van der Waals surface area contributed by atoms with Crippen molar-refractivity contribution >= 4 is 22.2 Å². The van der Waals surface area contributed by atoms with Crippen LogP contribution < -0.4 is 0 Å². The van der Waals surface area contributed by atoms with Gasteiger partial charge >= 0.3 is 0 Å². The third-order valence-corrected chi connectivity index (χ3v) is 2.23. The molecular weight excluding hydrogens is 225 g/mol. The van der Waals surface area contributed by atoms with Crippen molar-refractivity contribution in [2.75, 3.05) is 5.33 Å². The van der Waals surface area contributed by atoms with E-state index in [4.69, 9.17) is 0 Å². The second-order valence-electron chi connectivity index (χ2n) is 2.29. The van der Waals surface area contributed by atoms with E-state index in [1.54, 1.807) is 0 Å². The zero-order valence-corrected chi connectivity index (χ0v) is 7.79. The highest BCUT2D eigenvalue weighted by Gasteiger charge is 2.12. The second kappa shape index (κ2) is 4.30. The lowest BCUT2D eigenvalue weighted by Crippen LogP contribution is -2.04. The number of hydrogen-bond acceptors (Lipinski definition) is 2. The molecule has 1 rings (SSSR count). The van der Waals surface area contributed by atoms with Gasteiger partial charge in [0.2, 0.25) is 0 Å². The number of aldehydes is 1. The van der Waals surface area contributed by atoms with Gasteiger partial charge < -0.3 is 4.79 Å². The first-order valence-electron chi connectivity index (χ1n) is 3.40. The van der Waals surface area contributed by atoms with Crippen LogP contribution in [0.3, 0.4) is 0 Å². The fraction of sp³-hybridized carbons (Fsp3) is 0.250. The van der Waals surface area contributed by atoms with E-state index in [1.165, 1.54) is 12.3 Å². The Morgan fingerprint density at radius 1 is 1.75 bits per heavy atom. The minimum atomic E-state index is -0.436. The van der Waals surface area contributed by atoms with Crippen molar-refractivity contribution in [1.29, 1.82) is 0 Å². The molecule has 0 N–H and O–H groups in total. The van der Waals surface area contributed by atoms with E-state index >= 15 is 0 Å². The van der Waals surface area contributed by atoms with Crippen molar-refractivity contribution in [2.24, 2.45) is 0 Å². The molecule has 0 amide bonds. The summed E-state index contributed by atoms with van der Waals surface area (Å²) in [6.45, 7) is 0. The van der Waals surface area contributed by atoms with Gasteiger partial charge in [-0.2, -0.15) is 0 Å². The molecular formula is C8H7BrFNO. The van der Waals surface area contributed by atoms with Gasteiger partial charge in [-0.25, -0.2) is 4.39 Å². The first-order chi connectivity index (χ1) is 5.79. The normalized spacial score (nSPS) is 12.5. The van der Waals surface area contributed by atoms with Crippen molar-refractivity contribution in [3.05, 3.63) is 29.8 Å². The van der Waals surface area contributed by atoms with Crippen LogP contribution in [0.4, 0.5) is 4.39 Å². The van der Waals surface area contributed by atoms with Crippen LogP contribution in [0.5, 0.6) is 0 Å². The van der Waals surface area contributed by atoms with Gasteiger partial charge in [0, 0.05) is 17.1 Å². The number of aromatic nitrogens is 1. The molecule has 0 radical (unpaired) electrons. The van der Waals surface area contributed by atoms with Crippen LogP contribution in [0.2, 0.25) is 0 Å². The van der Waals surface area contributed by atoms with E-state index in [0.29, 0.717) is 17.2 Å². The number of nitrogens with zero attached hydrogens (tertiary/aromatic N) is 1. The summed E-state index contributed by atoms with van der Waals surface area (Å²) in [7, 11) is 0. The van der Waals surface area contributed by atoms with Crippen LogP contribution >= 0.6 is 15.9 Å². The molecule has 0 fully saturated rings. The molecule has 0 saturated carbocycles. The monoisotopic (exact) mass is 231 g/mol. The van der Waals surface area contributed by atoms with E-state index in [9.17, 15) is 9.18 Å². The first kappa shape index (κ1) is 9.32. The van der Waals surface area contributed by atoms with E-state index in [-0.39, 0.29) is 0 Å². The van der Waals surface area contributed by atoms with Gasteiger partial charge in [0.1, 0.15) is 12.1 Å². The van der Waals surface area contributed by atoms with Gasteiger partial charge in [0.05, 0.1) is 12.1 Å². The average Bonchev–Trinajstić information content (AvgIpc) is 2.10. The van der Waals surface area contributed by atoms with Crippen LogP contribution in [0.15, 0.2) is 18.5 Å². The highest BCUT2D eigenvalue weighted by molar-refractivity contribution is 9.09. The summed E-state index contributed by atoms with van der Waals surface area (Å²) in [6.07, 6.45) is 3.29. The molecule has 0 spiro atoms. The predicted molar refractivity (Wildman–Crippen MR) is 46.8 cm³/mol. The highest BCUT2D eigenvalue weighted by Crippen LogP contribution is 2.17. The SMILES string of the molecule is O=CC(CBr)c1ccncc1F. The van der Waals surface area contributed by atoms with Crippen molar-refractivity contribution in [1.82, 2.24) is 4.98 Å². The summed E-state index contributed by atoms with van der Waals surface area (Å²) in [4.78, 5) is 14.1. The van der Waals surface area contributed by atoms with Gasteiger partial charge in [0.25, 0.3) is 0 Å². The zero-order valence-electron chi connectivity index (χ0n) is 6.21. The molecule has 1 aromatic heterocycles. The van der Waals surface area contributed by atoms with Crippen LogP contribution in [-0.4, -0.2) is 16.6 Å². The standard InChI is InChI=1S/C8H7BrFNO/c9-3-6(5-12)7-1-2-11-4-8(7)10/h1-2,4-6H,3H2. The number of rotatable bonds is 3. The molecule has 1 unspecified atom stereocenters. The topological polar surface area (TPSA) is 30.0 Å². The van der Waals surface area contributed by atoms with Crippen molar-refractivity contribution in [3.63, 3.8) is 0 Å². The quantitative estimate of drug-likeness (QED) is 0.588. The second-order valence-corrected chi connectivity index (χ2v) is 2.94. The Hall–Kier alpha value is -0.770. The molecule has 2 nitrogen and oxygen atoms in total. The fourth-order valence-corrected chi connectivity index (χ4v) is 1.38. The molecule has 0 aliphatic rings. The van der Waals surface area contributed by atoms with E-state index in [1.807, 2.05) is 0 Å². The van der Waals surface area contributed by atoms with Gasteiger partial charge in [-0.05, 0) is 6.07 Å². The fourth-order valence-electron chi connectivity index (χ4n) is 0.879. The van der Waals surface area contributed by atoms with Crippen molar-refractivity contribution < 1.29 is 9.18 Å². The summed E-state index contributed by atoms with van der Waals surface area (Å²) >= 11 is 3.13. The van der Waals surface area contributed by atoms with Gasteiger partial charge in [-0.3, -0.25) is 4.98 Å². The van der Waals surface area contributed by atoms with E-state index < -0.39 is 11.7 Å². The minimum Gasteiger partial charge on any atom is -0.303 e. The smallest absolute Gasteiger partial charge is 0.145 e. The number of carbonyl (C=O) groups is 1. The lowest BCUT2D eigenvalue weighted by molar-refractivity contribution is -0.108. The third kappa shape index (κ3) is 1.88. The molecule has 0 aromatic carbocycles. The summed E-state index contributed by atoms with van der Waals surface area (Å²) in [5, 5.41) is 0.428. The Labute approximate surface area is 77.9 Å². The van der Waals surface area contributed by atoms with Crippen LogP contribution in [0, 0.1) is 5.82 Å². The molecule has 1 atom stereocenters. The Morgan fingerprint density at radius 2 is 2.50 bits per heavy atom. The average molecular weight is 232 g/mol. The van der Waals surface area contributed by atoms with E-state index in [2.05, 4.69) is 20.9 Å². The van der Waals surface area contributed by atoms with Crippen molar-refractivity contribution in [2.45, 2.75) is 5.92 Å². The third-order valence-electron chi connectivity index (χ3n) is 1.53. The number of halogens is 2. The van der Waals surface area contributed by atoms with Gasteiger partial charge in [-0.15, -0.1) is 0 Å². The van der Waals surface area contributed by atoms with Gasteiger partial charge in [-0.1, -0.05) is 15.9 Å². The molecule has 1 heterocycles. The zero-order chi connectivity index (χ0) is 8.97. The summed E-state index contributed by atoms with van der Waals surface area (Å²) in [5.41, 5.74) is 0.386. The van der Waals surface area contributed by atoms with Crippen LogP contribution in [0.25, 0.3) is 0 Å². The number of carbonyl (C=O) groups excluding carboxylic acids is 1. The maximum absolute atomic E-state index is 13.0.